The highest BCUT2D eigenvalue weighted by Crippen LogP contribution is 2.21. The highest BCUT2D eigenvalue weighted by atomic mass is 79.9. The van der Waals surface area contributed by atoms with Gasteiger partial charge in [-0.15, -0.1) is 0 Å². The molecular weight excluding hydrogens is 284 g/mol. The number of nitrogens with zero attached hydrogens (tertiary/aromatic N) is 1. The van der Waals surface area contributed by atoms with Gasteiger partial charge >= 0.3 is 0 Å². The molecule has 1 aromatic rings. The summed E-state index contributed by atoms with van der Waals surface area (Å²) in [6, 6.07) is 5.02. The molecule has 1 aromatic carbocycles. The molecular formula is C12H17BrN2O2. The summed E-state index contributed by atoms with van der Waals surface area (Å²) in [6.07, 6.45) is 0. The Morgan fingerprint density at radius 2 is 2.12 bits per heavy atom. The lowest BCUT2D eigenvalue weighted by Crippen LogP contribution is -2.39. The average Bonchev–Trinajstić information content (AvgIpc) is 2.18. The van der Waals surface area contributed by atoms with Crippen molar-refractivity contribution in [3.8, 4) is 0 Å². The van der Waals surface area contributed by atoms with E-state index in [1.54, 1.807) is 39.1 Å². The molecule has 0 radical (unpaired) electrons. The Morgan fingerprint density at radius 3 is 2.59 bits per heavy atom. The third kappa shape index (κ3) is 4.02. The normalized spacial score (nSPS) is 11.4. The van der Waals surface area contributed by atoms with Crippen LogP contribution in [0.1, 0.15) is 24.2 Å². The van der Waals surface area contributed by atoms with Crippen LogP contribution < -0.4 is 5.73 Å². The Kier molecular flexibility index (Phi) is 4.16. The molecule has 3 N–H and O–H groups in total. The Bertz CT molecular complexity index is 427. The summed E-state index contributed by atoms with van der Waals surface area (Å²) in [5.41, 5.74) is 5.88. The Morgan fingerprint density at radius 1 is 1.53 bits per heavy atom. The van der Waals surface area contributed by atoms with Crippen LogP contribution in [0.3, 0.4) is 0 Å². The Hall–Kier alpha value is -1.07. The van der Waals surface area contributed by atoms with Crippen LogP contribution in [0, 0.1) is 0 Å². The fourth-order valence-electron chi connectivity index (χ4n) is 1.53. The van der Waals surface area contributed by atoms with Crippen LogP contribution in [0.2, 0.25) is 0 Å². The number of nitrogens with two attached hydrogens (primary N) is 1. The molecule has 0 aliphatic carbocycles. The summed E-state index contributed by atoms with van der Waals surface area (Å²) in [4.78, 5) is 13.5. The summed E-state index contributed by atoms with van der Waals surface area (Å²) >= 11 is 3.28. The van der Waals surface area contributed by atoms with E-state index >= 15 is 0 Å². The van der Waals surface area contributed by atoms with E-state index in [1.807, 2.05) is 0 Å². The number of hydrogen-bond donors (Lipinski definition) is 2. The molecule has 0 bridgehead atoms. The first-order valence-electron chi connectivity index (χ1n) is 5.23. The number of rotatable bonds is 3. The second kappa shape index (κ2) is 5.06. The fraction of sp³-hybridized carbons (Fsp3) is 0.417. The number of hydrogen-bond acceptors (Lipinski definition) is 3. The molecule has 4 nitrogen and oxygen atoms in total. The van der Waals surface area contributed by atoms with E-state index < -0.39 is 5.60 Å². The molecule has 0 spiro atoms. The summed E-state index contributed by atoms with van der Waals surface area (Å²) in [6.45, 7) is 3.60. The van der Waals surface area contributed by atoms with Gasteiger partial charge < -0.3 is 15.7 Å². The number of anilines is 1. The van der Waals surface area contributed by atoms with Crippen LogP contribution in [0.25, 0.3) is 0 Å². The lowest BCUT2D eigenvalue weighted by molar-refractivity contribution is 0.0368. The minimum atomic E-state index is -0.907. The zero-order chi connectivity index (χ0) is 13.2. The van der Waals surface area contributed by atoms with E-state index in [0.717, 1.165) is 0 Å². The molecule has 0 saturated heterocycles. The number of aliphatic hydroxyl groups is 1. The zero-order valence-corrected chi connectivity index (χ0v) is 11.8. The first kappa shape index (κ1) is 14.0. The van der Waals surface area contributed by atoms with Crippen LogP contribution in [0.4, 0.5) is 5.69 Å². The topological polar surface area (TPSA) is 66.6 Å². The molecule has 0 saturated carbocycles. The van der Waals surface area contributed by atoms with Gasteiger partial charge in [0.1, 0.15) is 0 Å². The van der Waals surface area contributed by atoms with Gasteiger partial charge in [0.25, 0.3) is 5.91 Å². The summed E-state index contributed by atoms with van der Waals surface area (Å²) < 4.78 is 0.694. The SMILES string of the molecule is CN(CC(C)(C)O)C(=O)c1ccc(N)c(Br)c1. The van der Waals surface area contributed by atoms with Crippen molar-refractivity contribution < 1.29 is 9.90 Å². The Labute approximate surface area is 110 Å². The first-order valence-corrected chi connectivity index (χ1v) is 6.03. The summed E-state index contributed by atoms with van der Waals surface area (Å²) in [7, 11) is 1.66. The lowest BCUT2D eigenvalue weighted by atomic mass is 10.1. The number of halogens is 1. The number of benzene rings is 1. The van der Waals surface area contributed by atoms with Crippen molar-refractivity contribution in [1.29, 1.82) is 0 Å². The van der Waals surface area contributed by atoms with E-state index in [0.29, 0.717) is 15.7 Å². The smallest absolute Gasteiger partial charge is 0.253 e. The number of carbonyl (C=O) groups is 1. The van der Waals surface area contributed by atoms with Crippen molar-refractivity contribution in [2.45, 2.75) is 19.4 Å². The van der Waals surface area contributed by atoms with Gasteiger partial charge in [0, 0.05) is 29.3 Å². The van der Waals surface area contributed by atoms with Gasteiger partial charge in [-0.25, -0.2) is 0 Å². The van der Waals surface area contributed by atoms with Crippen molar-refractivity contribution >= 4 is 27.5 Å². The summed E-state index contributed by atoms with van der Waals surface area (Å²) in [5.74, 6) is -0.146. The number of carbonyl (C=O) groups excluding carboxylic acids is 1. The van der Waals surface area contributed by atoms with Gasteiger partial charge in [-0.2, -0.15) is 0 Å². The zero-order valence-electron chi connectivity index (χ0n) is 10.2. The fourth-order valence-corrected chi connectivity index (χ4v) is 1.91. The Balaban J connectivity index is 2.85. The average molecular weight is 301 g/mol. The van der Waals surface area contributed by atoms with Crippen LogP contribution in [-0.2, 0) is 0 Å². The second-order valence-electron chi connectivity index (χ2n) is 4.71. The van der Waals surface area contributed by atoms with Gasteiger partial charge in [-0.05, 0) is 48.0 Å². The molecule has 94 valence electrons. The first-order chi connectivity index (χ1) is 7.70. The third-order valence-electron chi connectivity index (χ3n) is 2.22. The standard InChI is InChI=1S/C12H17BrN2O2/c1-12(2,17)7-15(3)11(16)8-4-5-10(14)9(13)6-8/h4-6,17H,7,14H2,1-3H3. The molecule has 0 aliphatic heterocycles. The number of nitrogen functional groups attached to an aromatic ring is 1. The van der Waals surface area contributed by atoms with E-state index in [4.69, 9.17) is 5.73 Å². The van der Waals surface area contributed by atoms with Crippen molar-refractivity contribution in [3.05, 3.63) is 28.2 Å². The van der Waals surface area contributed by atoms with E-state index in [-0.39, 0.29) is 12.5 Å². The maximum absolute atomic E-state index is 12.0. The molecule has 0 atom stereocenters. The second-order valence-corrected chi connectivity index (χ2v) is 5.56. The number of amides is 1. The van der Waals surface area contributed by atoms with Crippen molar-refractivity contribution in [3.63, 3.8) is 0 Å². The van der Waals surface area contributed by atoms with E-state index in [9.17, 15) is 9.90 Å². The van der Waals surface area contributed by atoms with Crippen molar-refractivity contribution in [2.24, 2.45) is 0 Å². The van der Waals surface area contributed by atoms with E-state index in [2.05, 4.69) is 15.9 Å². The molecule has 1 amide bonds. The molecule has 0 unspecified atom stereocenters. The van der Waals surface area contributed by atoms with Gasteiger partial charge in [0.05, 0.1) is 5.60 Å². The van der Waals surface area contributed by atoms with Crippen molar-refractivity contribution in [1.82, 2.24) is 4.90 Å². The summed E-state index contributed by atoms with van der Waals surface area (Å²) in [5, 5.41) is 9.66. The van der Waals surface area contributed by atoms with Crippen LogP contribution >= 0.6 is 15.9 Å². The monoisotopic (exact) mass is 300 g/mol. The van der Waals surface area contributed by atoms with Gasteiger partial charge in [-0.3, -0.25) is 4.79 Å². The predicted octanol–water partition coefficient (Wildman–Crippen LogP) is 1.87. The molecule has 0 aliphatic rings. The molecule has 5 heteroatoms. The molecule has 17 heavy (non-hydrogen) atoms. The molecule has 0 fully saturated rings. The van der Waals surface area contributed by atoms with Crippen LogP contribution in [0.15, 0.2) is 22.7 Å². The molecule has 1 rings (SSSR count). The third-order valence-corrected chi connectivity index (χ3v) is 2.90. The molecule has 0 aromatic heterocycles. The minimum absolute atomic E-state index is 0.146. The van der Waals surface area contributed by atoms with Crippen LogP contribution in [0.5, 0.6) is 0 Å². The quantitative estimate of drug-likeness (QED) is 0.838. The van der Waals surface area contributed by atoms with Crippen molar-refractivity contribution in [2.75, 3.05) is 19.3 Å². The largest absolute Gasteiger partial charge is 0.398 e. The predicted molar refractivity (Wildman–Crippen MR) is 71.8 cm³/mol. The maximum Gasteiger partial charge on any atom is 0.253 e. The van der Waals surface area contributed by atoms with Gasteiger partial charge in [0.15, 0.2) is 0 Å². The highest BCUT2D eigenvalue weighted by molar-refractivity contribution is 9.10. The number of likely N-dealkylation sites (N-methyl/N-ethyl adjacent to an activating group) is 1. The van der Waals surface area contributed by atoms with Gasteiger partial charge in [-0.1, -0.05) is 0 Å². The molecule has 0 heterocycles. The van der Waals surface area contributed by atoms with Crippen LogP contribution in [-0.4, -0.2) is 35.1 Å². The van der Waals surface area contributed by atoms with Gasteiger partial charge in [0.2, 0.25) is 0 Å². The lowest BCUT2D eigenvalue weighted by Gasteiger charge is -2.25. The maximum atomic E-state index is 12.0. The minimum Gasteiger partial charge on any atom is -0.398 e. The highest BCUT2D eigenvalue weighted by Gasteiger charge is 2.20. The van der Waals surface area contributed by atoms with E-state index in [1.165, 1.54) is 4.90 Å².